The van der Waals surface area contributed by atoms with Crippen LogP contribution in [0, 0.1) is 5.82 Å². The number of hydrogen-bond donors (Lipinski definition) is 1. The summed E-state index contributed by atoms with van der Waals surface area (Å²) in [5.74, 6) is 0.672. The number of benzene rings is 2. The number of halogens is 1. The van der Waals surface area contributed by atoms with E-state index in [1.165, 1.54) is 6.07 Å². The maximum atomic E-state index is 14.2. The number of furan rings is 1. The van der Waals surface area contributed by atoms with Gasteiger partial charge in [0.1, 0.15) is 22.8 Å². The number of nitrogens with one attached hydrogen (secondary N) is 1. The summed E-state index contributed by atoms with van der Waals surface area (Å²) in [7, 11) is 0. The first-order valence-electron chi connectivity index (χ1n) is 9.32. The molecule has 2 aromatic heterocycles. The average Bonchev–Trinajstić information content (AvgIpc) is 3.31. The summed E-state index contributed by atoms with van der Waals surface area (Å²) in [6, 6.07) is 17.1. The third kappa shape index (κ3) is 2.94. The minimum Gasteiger partial charge on any atom is -0.460 e. The fourth-order valence-electron chi connectivity index (χ4n) is 3.95. The van der Waals surface area contributed by atoms with Crippen LogP contribution in [-0.2, 0) is 13.0 Å². The van der Waals surface area contributed by atoms with E-state index in [0.29, 0.717) is 12.2 Å². The van der Waals surface area contributed by atoms with Gasteiger partial charge < -0.3 is 9.73 Å². The minimum absolute atomic E-state index is 0.197. The normalized spacial score (nSPS) is 16.6. The molecule has 0 unspecified atom stereocenters. The molecule has 5 rings (SSSR count). The largest absolute Gasteiger partial charge is 0.460 e. The summed E-state index contributed by atoms with van der Waals surface area (Å²) in [5.41, 5.74) is 3.66. The summed E-state index contributed by atoms with van der Waals surface area (Å²) in [6.45, 7) is 0.656. The van der Waals surface area contributed by atoms with Gasteiger partial charge in [0.15, 0.2) is 0 Å². The smallest absolute Gasteiger partial charge is 0.148 e. The lowest BCUT2D eigenvalue weighted by atomic mass is 9.93. The lowest BCUT2D eigenvalue weighted by molar-refractivity contribution is 0.423. The van der Waals surface area contributed by atoms with Crippen LogP contribution < -0.4 is 5.32 Å². The van der Waals surface area contributed by atoms with Crippen LogP contribution in [0.5, 0.6) is 0 Å². The highest BCUT2D eigenvalue weighted by Crippen LogP contribution is 2.32. The van der Waals surface area contributed by atoms with E-state index in [2.05, 4.69) is 22.5 Å². The Morgan fingerprint density at radius 2 is 2.00 bits per heavy atom. The van der Waals surface area contributed by atoms with Crippen LogP contribution in [0.2, 0.25) is 0 Å². The summed E-state index contributed by atoms with van der Waals surface area (Å²) < 4.78 is 21.9. The van der Waals surface area contributed by atoms with E-state index in [0.717, 1.165) is 47.2 Å². The summed E-state index contributed by atoms with van der Waals surface area (Å²) in [4.78, 5) is 0. The van der Waals surface area contributed by atoms with Gasteiger partial charge in [-0.2, -0.15) is 5.10 Å². The van der Waals surface area contributed by atoms with E-state index < -0.39 is 0 Å². The van der Waals surface area contributed by atoms with E-state index in [4.69, 9.17) is 4.42 Å². The van der Waals surface area contributed by atoms with E-state index >= 15 is 0 Å². The van der Waals surface area contributed by atoms with Crippen LogP contribution in [0.3, 0.4) is 0 Å². The fourth-order valence-corrected chi connectivity index (χ4v) is 3.95. The number of rotatable bonds is 4. The Kier molecular flexibility index (Phi) is 4.02. The Labute approximate surface area is 156 Å². The average molecular weight is 361 g/mol. The number of hydrogen-bond acceptors (Lipinski definition) is 3. The lowest BCUT2D eigenvalue weighted by Crippen LogP contribution is -2.25. The molecule has 0 bridgehead atoms. The quantitative estimate of drug-likeness (QED) is 0.561. The van der Waals surface area contributed by atoms with Crippen LogP contribution in [0.4, 0.5) is 4.39 Å². The van der Waals surface area contributed by atoms with Gasteiger partial charge in [0.05, 0.1) is 12.7 Å². The van der Waals surface area contributed by atoms with Crippen molar-refractivity contribution in [3.63, 3.8) is 0 Å². The molecule has 1 aliphatic rings. The fraction of sp³-hybridized carbons (Fsp3) is 0.227. The number of fused-ring (bicyclic) bond motifs is 2. The van der Waals surface area contributed by atoms with E-state index in [1.54, 1.807) is 16.8 Å². The second-order valence-corrected chi connectivity index (χ2v) is 6.99. The molecule has 1 atom stereocenters. The van der Waals surface area contributed by atoms with Gasteiger partial charge in [0.2, 0.25) is 0 Å². The zero-order valence-electron chi connectivity index (χ0n) is 14.9. The second kappa shape index (κ2) is 6.67. The van der Waals surface area contributed by atoms with E-state index in [9.17, 15) is 4.39 Å². The Morgan fingerprint density at radius 1 is 1.15 bits per heavy atom. The number of aromatic nitrogens is 2. The maximum Gasteiger partial charge on any atom is 0.148 e. The van der Waals surface area contributed by atoms with Gasteiger partial charge in [-0.05, 0) is 43.5 Å². The molecule has 2 aromatic carbocycles. The van der Waals surface area contributed by atoms with Crippen molar-refractivity contribution in [3.8, 4) is 5.69 Å². The monoisotopic (exact) mass is 361 g/mol. The van der Waals surface area contributed by atoms with Crippen molar-refractivity contribution in [2.24, 2.45) is 0 Å². The molecule has 0 saturated heterocycles. The van der Waals surface area contributed by atoms with Crippen LogP contribution >= 0.6 is 0 Å². The molecule has 0 spiro atoms. The standard InChI is InChI=1S/C22H20FN3O/c23-18-7-2-3-9-21(18)26-20-10-5-8-19(17(20)14-25-26)24-13-16-12-15-6-1-4-11-22(15)27-16/h1-4,6-7,9,11-12,14,19,24H,5,8,10,13H2/t19-/m1/s1. The van der Waals surface area contributed by atoms with Gasteiger partial charge in [-0.1, -0.05) is 30.3 Å². The van der Waals surface area contributed by atoms with Gasteiger partial charge in [0, 0.05) is 22.7 Å². The zero-order valence-corrected chi connectivity index (χ0v) is 14.9. The Bertz CT molecular complexity index is 1060. The van der Waals surface area contributed by atoms with Gasteiger partial charge in [-0.15, -0.1) is 0 Å². The Hall–Kier alpha value is -2.92. The molecule has 1 N–H and O–H groups in total. The maximum absolute atomic E-state index is 14.2. The van der Waals surface area contributed by atoms with Crippen molar-refractivity contribution < 1.29 is 8.81 Å². The van der Waals surface area contributed by atoms with Crippen molar-refractivity contribution in [2.75, 3.05) is 0 Å². The lowest BCUT2D eigenvalue weighted by Gasteiger charge is -2.24. The Balaban J connectivity index is 1.39. The minimum atomic E-state index is -0.249. The highest BCUT2D eigenvalue weighted by Gasteiger charge is 2.25. The first-order chi connectivity index (χ1) is 13.3. The molecule has 0 fully saturated rings. The molecule has 2 heterocycles. The molecule has 4 aromatic rings. The van der Waals surface area contributed by atoms with Crippen LogP contribution in [0.1, 0.15) is 35.9 Å². The molecule has 0 radical (unpaired) electrons. The molecule has 1 aliphatic carbocycles. The molecule has 27 heavy (non-hydrogen) atoms. The first kappa shape index (κ1) is 16.3. The van der Waals surface area contributed by atoms with E-state index in [-0.39, 0.29) is 11.9 Å². The second-order valence-electron chi connectivity index (χ2n) is 6.99. The predicted octanol–water partition coefficient (Wildman–Crippen LogP) is 4.92. The zero-order chi connectivity index (χ0) is 18.2. The van der Waals surface area contributed by atoms with E-state index in [1.807, 2.05) is 30.5 Å². The summed E-state index contributed by atoms with van der Waals surface area (Å²) >= 11 is 0. The molecule has 0 aliphatic heterocycles. The third-order valence-electron chi connectivity index (χ3n) is 5.26. The third-order valence-corrected chi connectivity index (χ3v) is 5.26. The SMILES string of the molecule is Fc1ccccc1-n1ncc2c1CCC[C@H]2NCc1cc2ccccc2o1. The topological polar surface area (TPSA) is 43.0 Å². The molecule has 5 heteroatoms. The van der Waals surface area contributed by atoms with Crippen molar-refractivity contribution in [2.45, 2.75) is 31.8 Å². The highest BCUT2D eigenvalue weighted by molar-refractivity contribution is 5.77. The molecule has 4 nitrogen and oxygen atoms in total. The van der Waals surface area contributed by atoms with Crippen LogP contribution in [-0.4, -0.2) is 9.78 Å². The van der Waals surface area contributed by atoms with Gasteiger partial charge in [0.25, 0.3) is 0 Å². The van der Waals surface area contributed by atoms with Crippen molar-refractivity contribution in [3.05, 3.63) is 83.6 Å². The predicted molar refractivity (Wildman–Crippen MR) is 102 cm³/mol. The Morgan fingerprint density at radius 3 is 2.89 bits per heavy atom. The number of para-hydroxylation sites is 2. The highest BCUT2D eigenvalue weighted by atomic mass is 19.1. The van der Waals surface area contributed by atoms with Gasteiger partial charge >= 0.3 is 0 Å². The summed E-state index contributed by atoms with van der Waals surface area (Å²) in [6.07, 6.45) is 4.87. The number of nitrogens with zero attached hydrogens (tertiary/aromatic N) is 2. The molecule has 0 amide bonds. The molecule has 0 saturated carbocycles. The van der Waals surface area contributed by atoms with Crippen LogP contribution in [0.25, 0.3) is 16.7 Å². The van der Waals surface area contributed by atoms with Crippen molar-refractivity contribution >= 4 is 11.0 Å². The molecular formula is C22H20FN3O. The summed E-state index contributed by atoms with van der Waals surface area (Å²) in [5, 5.41) is 9.19. The van der Waals surface area contributed by atoms with Crippen LogP contribution in [0.15, 0.2) is 65.2 Å². The van der Waals surface area contributed by atoms with Gasteiger partial charge in [-0.25, -0.2) is 9.07 Å². The molecular weight excluding hydrogens is 341 g/mol. The van der Waals surface area contributed by atoms with Gasteiger partial charge in [-0.3, -0.25) is 0 Å². The molecule has 136 valence electrons. The first-order valence-corrected chi connectivity index (χ1v) is 9.32. The van der Waals surface area contributed by atoms with Crippen molar-refractivity contribution in [1.82, 2.24) is 15.1 Å². The van der Waals surface area contributed by atoms with Crippen molar-refractivity contribution in [1.29, 1.82) is 0 Å².